The molecule has 1 atom stereocenters. The lowest BCUT2D eigenvalue weighted by Gasteiger charge is -2.27. The summed E-state index contributed by atoms with van der Waals surface area (Å²) in [5.74, 6) is 1.79. The molecule has 0 spiro atoms. The van der Waals surface area contributed by atoms with Gasteiger partial charge in [0.25, 0.3) is 5.91 Å². The van der Waals surface area contributed by atoms with Gasteiger partial charge in [0.1, 0.15) is 12.1 Å². The van der Waals surface area contributed by atoms with Crippen LogP contribution >= 0.6 is 11.8 Å². The minimum absolute atomic E-state index is 0.0926. The number of likely N-dealkylation sites (tertiary alicyclic amines) is 1. The lowest BCUT2D eigenvalue weighted by atomic mass is 10.2. The topological polar surface area (TPSA) is 62.7 Å². The van der Waals surface area contributed by atoms with E-state index in [-0.39, 0.29) is 24.0 Å². The van der Waals surface area contributed by atoms with Crippen LogP contribution in [-0.2, 0) is 4.79 Å². The number of pyridine rings is 1. The smallest absolute Gasteiger partial charge is 0.256 e. The van der Waals surface area contributed by atoms with E-state index in [4.69, 9.17) is 4.74 Å². The maximum absolute atomic E-state index is 12.9. The van der Waals surface area contributed by atoms with E-state index in [1.807, 2.05) is 4.90 Å². The van der Waals surface area contributed by atoms with Crippen molar-refractivity contribution in [1.82, 2.24) is 14.8 Å². The van der Waals surface area contributed by atoms with Crippen LogP contribution in [0.5, 0.6) is 5.88 Å². The number of thioether (sulfide) groups is 1. The number of aromatic nitrogens is 1. The predicted molar refractivity (Wildman–Crippen MR) is 100 cm³/mol. The van der Waals surface area contributed by atoms with Gasteiger partial charge >= 0.3 is 0 Å². The minimum Gasteiger partial charge on any atom is -0.474 e. The Bertz CT molecular complexity index is 654. The Kier molecular flexibility index (Phi) is 5.33. The Morgan fingerprint density at radius 3 is 2.58 bits per heavy atom. The first-order valence-corrected chi connectivity index (χ1v) is 10.7. The molecule has 2 amide bonds. The van der Waals surface area contributed by atoms with Gasteiger partial charge in [0, 0.05) is 31.1 Å². The molecular formula is C19H25N3O3S. The molecule has 1 aromatic rings. The van der Waals surface area contributed by atoms with Crippen molar-refractivity contribution in [2.24, 2.45) is 0 Å². The average molecular weight is 375 g/mol. The van der Waals surface area contributed by atoms with Crippen LogP contribution in [0.3, 0.4) is 0 Å². The van der Waals surface area contributed by atoms with E-state index in [0.29, 0.717) is 23.1 Å². The molecule has 0 bridgehead atoms. The summed E-state index contributed by atoms with van der Waals surface area (Å²) >= 11 is 1.64. The van der Waals surface area contributed by atoms with Gasteiger partial charge in [-0.25, -0.2) is 4.98 Å². The van der Waals surface area contributed by atoms with E-state index in [9.17, 15) is 9.59 Å². The molecule has 3 fully saturated rings. The molecule has 140 valence electrons. The van der Waals surface area contributed by atoms with Crippen molar-refractivity contribution in [3.05, 3.63) is 23.9 Å². The lowest BCUT2D eigenvalue weighted by Crippen LogP contribution is -2.48. The summed E-state index contributed by atoms with van der Waals surface area (Å²) in [7, 11) is 0. The fourth-order valence-corrected chi connectivity index (χ4v) is 5.06. The molecule has 3 heterocycles. The molecule has 26 heavy (non-hydrogen) atoms. The highest BCUT2D eigenvalue weighted by molar-refractivity contribution is 7.99. The van der Waals surface area contributed by atoms with Crippen LogP contribution in [0.1, 0.15) is 48.9 Å². The third-order valence-electron chi connectivity index (χ3n) is 5.42. The van der Waals surface area contributed by atoms with Gasteiger partial charge in [-0.2, -0.15) is 0 Å². The van der Waals surface area contributed by atoms with Crippen LogP contribution in [0.15, 0.2) is 18.3 Å². The van der Waals surface area contributed by atoms with Gasteiger partial charge in [-0.15, -0.1) is 11.8 Å². The summed E-state index contributed by atoms with van der Waals surface area (Å²) < 4.78 is 5.86. The Labute approximate surface area is 158 Å². The van der Waals surface area contributed by atoms with Crippen LogP contribution in [0.25, 0.3) is 0 Å². The number of amides is 2. The summed E-state index contributed by atoms with van der Waals surface area (Å²) in [6.07, 6.45) is 8.52. The monoisotopic (exact) mass is 375 g/mol. The third kappa shape index (κ3) is 3.68. The molecule has 1 aromatic heterocycles. The lowest BCUT2D eigenvalue weighted by molar-refractivity contribution is -0.133. The van der Waals surface area contributed by atoms with Crippen LogP contribution in [0.4, 0.5) is 0 Å². The zero-order chi connectivity index (χ0) is 17.9. The van der Waals surface area contributed by atoms with Crippen molar-refractivity contribution < 1.29 is 14.3 Å². The second kappa shape index (κ2) is 7.86. The Morgan fingerprint density at radius 1 is 1.12 bits per heavy atom. The fraction of sp³-hybridized carbons (Fsp3) is 0.632. The van der Waals surface area contributed by atoms with Crippen molar-refractivity contribution in [2.75, 3.05) is 24.7 Å². The van der Waals surface area contributed by atoms with Crippen LogP contribution in [-0.4, -0.2) is 63.5 Å². The molecule has 2 saturated heterocycles. The predicted octanol–water partition coefficient (Wildman–Crippen LogP) is 2.54. The summed E-state index contributed by atoms with van der Waals surface area (Å²) in [5, 5.41) is 0. The summed E-state index contributed by atoms with van der Waals surface area (Å²) in [6.45, 7) is 1.63. The van der Waals surface area contributed by atoms with Gasteiger partial charge in [0.15, 0.2) is 0 Å². The van der Waals surface area contributed by atoms with E-state index >= 15 is 0 Å². The molecule has 4 rings (SSSR count). The van der Waals surface area contributed by atoms with Crippen molar-refractivity contribution in [3.8, 4) is 5.88 Å². The molecule has 2 aliphatic heterocycles. The van der Waals surface area contributed by atoms with Crippen molar-refractivity contribution in [1.29, 1.82) is 0 Å². The molecule has 0 N–H and O–H groups in total. The second-order valence-electron chi connectivity index (χ2n) is 7.23. The Morgan fingerprint density at radius 2 is 1.88 bits per heavy atom. The maximum Gasteiger partial charge on any atom is 0.256 e. The van der Waals surface area contributed by atoms with E-state index in [0.717, 1.165) is 38.8 Å². The normalized spacial score (nSPS) is 23.6. The maximum atomic E-state index is 12.9. The van der Waals surface area contributed by atoms with Crippen molar-refractivity contribution in [2.45, 2.75) is 50.7 Å². The standard InChI is InChI=1S/C19H25N3O3S/c23-18(14-7-8-17(20-11-14)25-15-5-1-2-6-15)22-13-26-12-16(22)19(24)21-9-3-4-10-21/h7-8,11,15-16H,1-6,9-10,12-13H2/t16-/m1/s1. The van der Waals surface area contributed by atoms with Gasteiger partial charge in [-0.1, -0.05) is 0 Å². The first kappa shape index (κ1) is 17.6. The molecule has 1 saturated carbocycles. The molecular weight excluding hydrogens is 350 g/mol. The summed E-state index contributed by atoms with van der Waals surface area (Å²) in [4.78, 5) is 33.5. The van der Waals surface area contributed by atoms with Crippen LogP contribution in [0.2, 0.25) is 0 Å². The highest BCUT2D eigenvalue weighted by Gasteiger charge is 2.38. The fourth-order valence-electron chi connectivity index (χ4n) is 3.91. The van der Waals surface area contributed by atoms with E-state index in [1.165, 1.54) is 12.8 Å². The molecule has 1 aliphatic carbocycles. The minimum atomic E-state index is -0.347. The number of carbonyl (C=O) groups excluding carboxylic acids is 2. The first-order chi connectivity index (χ1) is 12.7. The van der Waals surface area contributed by atoms with Gasteiger partial charge < -0.3 is 14.5 Å². The molecule has 7 heteroatoms. The van der Waals surface area contributed by atoms with E-state index in [2.05, 4.69) is 4.98 Å². The number of ether oxygens (including phenoxy) is 1. The Hall–Kier alpha value is -1.76. The zero-order valence-electron chi connectivity index (χ0n) is 14.9. The van der Waals surface area contributed by atoms with E-state index < -0.39 is 0 Å². The van der Waals surface area contributed by atoms with E-state index in [1.54, 1.807) is 35.0 Å². The number of nitrogens with zero attached hydrogens (tertiary/aromatic N) is 3. The number of carbonyl (C=O) groups is 2. The number of hydrogen-bond acceptors (Lipinski definition) is 5. The highest BCUT2D eigenvalue weighted by Crippen LogP contribution is 2.27. The van der Waals surface area contributed by atoms with Gasteiger partial charge in [-0.05, 0) is 44.6 Å². The first-order valence-electron chi connectivity index (χ1n) is 9.52. The van der Waals surface area contributed by atoms with Gasteiger partial charge in [0.05, 0.1) is 11.4 Å². The average Bonchev–Trinajstić information content (AvgIpc) is 3.42. The zero-order valence-corrected chi connectivity index (χ0v) is 15.7. The third-order valence-corrected chi connectivity index (χ3v) is 6.43. The van der Waals surface area contributed by atoms with Gasteiger partial charge in [0.2, 0.25) is 11.8 Å². The molecule has 3 aliphatic rings. The van der Waals surface area contributed by atoms with Crippen LogP contribution < -0.4 is 4.74 Å². The molecule has 0 unspecified atom stereocenters. The highest BCUT2D eigenvalue weighted by atomic mass is 32.2. The number of hydrogen-bond donors (Lipinski definition) is 0. The SMILES string of the molecule is O=C([C@H]1CSCN1C(=O)c1ccc(OC2CCCC2)nc1)N1CCCC1. The van der Waals surface area contributed by atoms with Gasteiger partial charge in [-0.3, -0.25) is 9.59 Å². The summed E-state index contributed by atoms with van der Waals surface area (Å²) in [6, 6.07) is 3.19. The van der Waals surface area contributed by atoms with Crippen molar-refractivity contribution >= 4 is 23.6 Å². The summed E-state index contributed by atoms with van der Waals surface area (Å²) in [5.41, 5.74) is 0.519. The van der Waals surface area contributed by atoms with Crippen molar-refractivity contribution in [3.63, 3.8) is 0 Å². The molecule has 6 nitrogen and oxygen atoms in total. The molecule has 0 aromatic carbocycles. The second-order valence-corrected chi connectivity index (χ2v) is 8.23. The number of rotatable bonds is 4. The Balaban J connectivity index is 1.41. The quantitative estimate of drug-likeness (QED) is 0.809. The molecule has 0 radical (unpaired) electrons. The largest absolute Gasteiger partial charge is 0.474 e. The van der Waals surface area contributed by atoms with Crippen LogP contribution in [0, 0.1) is 0 Å².